The van der Waals surface area contributed by atoms with Crippen molar-refractivity contribution < 1.29 is 33.2 Å². The maximum atomic E-state index is 13.7. The van der Waals surface area contributed by atoms with Crippen LogP contribution in [0, 0.1) is 0 Å². The molecule has 0 N–H and O–H groups in total. The minimum atomic E-state index is -1.51. The zero-order valence-electron chi connectivity index (χ0n) is 20.7. The van der Waals surface area contributed by atoms with E-state index < -0.39 is 5.79 Å². The number of benzene rings is 3. The summed E-state index contributed by atoms with van der Waals surface area (Å²) in [4.78, 5) is 13.7. The van der Waals surface area contributed by atoms with Crippen molar-refractivity contribution in [3.63, 3.8) is 0 Å². The van der Waals surface area contributed by atoms with Crippen LogP contribution in [0.3, 0.4) is 0 Å². The van der Waals surface area contributed by atoms with E-state index in [1.807, 2.05) is 48.5 Å². The predicted octanol–water partition coefficient (Wildman–Crippen LogP) is 4.67. The molecule has 4 rings (SSSR count). The molecule has 0 bridgehead atoms. The fourth-order valence-corrected chi connectivity index (χ4v) is 4.36. The van der Waals surface area contributed by atoms with Crippen molar-refractivity contribution in [2.75, 3.05) is 35.5 Å². The number of aryl methyl sites for hydroxylation is 1. The monoisotopic (exact) mass is 478 g/mol. The number of ketones is 1. The molecular formula is C28H30O7. The van der Waals surface area contributed by atoms with E-state index >= 15 is 0 Å². The van der Waals surface area contributed by atoms with Gasteiger partial charge in [0.25, 0.3) is 5.79 Å². The van der Waals surface area contributed by atoms with Gasteiger partial charge in [-0.1, -0.05) is 24.3 Å². The minimum absolute atomic E-state index is 0.227. The average molecular weight is 479 g/mol. The molecule has 3 aromatic carbocycles. The molecule has 0 spiro atoms. The van der Waals surface area contributed by atoms with Crippen LogP contribution in [-0.4, -0.2) is 47.1 Å². The summed E-state index contributed by atoms with van der Waals surface area (Å²) >= 11 is 0. The molecular weight excluding hydrogens is 448 g/mol. The van der Waals surface area contributed by atoms with Gasteiger partial charge in [0, 0.05) is 25.2 Å². The van der Waals surface area contributed by atoms with E-state index in [0.29, 0.717) is 29.2 Å². The molecule has 0 amide bonds. The lowest BCUT2D eigenvalue weighted by Gasteiger charge is -2.26. The summed E-state index contributed by atoms with van der Waals surface area (Å²) in [6.45, 7) is 0. The van der Waals surface area contributed by atoms with Crippen LogP contribution in [0.4, 0.5) is 0 Å². The van der Waals surface area contributed by atoms with Gasteiger partial charge in [-0.15, -0.1) is 0 Å². The average Bonchev–Trinajstić information content (AvgIpc) is 3.19. The number of carbonyl (C=O) groups excluding carboxylic acids is 1. The Labute approximate surface area is 205 Å². The molecule has 7 nitrogen and oxygen atoms in total. The van der Waals surface area contributed by atoms with Gasteiger partial charge >= 0.3 is 0 Å². The number of rotatable bonds is 10. The van der Waals surface area contributed by atoms with Crippen LogP contribution in [0.25, 0.3) is 0 Å². The molecule has 0 unspecified atom stereocenters. The van der Waals surface area contributed by atoms with Crippen LogP contribution < -0.4 is 23.7 Å². The Bertz CT molecular complexity index is 1190. The molecule has 184 valence electrons. The van der Waals surface area contributed by atoms with Crippen molar-refractivity contribution >= 4 is 5.78 Å². The minimum Gasteiger partial charge on any atom is -0.497 e. The summed E-state index contributed by atoms with van der Waals surface area (Å²) in [6, 6.07) is 17.1. The second-order valence-electron chi connectivity index (χ2n) is 8.22. The number of hydrogen-bond donors (Lipinski definition) is 0. The van der Waals surface area contributed by atoms with E-state index in [-0.39, 0.29) is 12.2 Å². The van der Waals surface area contributed by atoms with Crippen LogP contribution >= 0.6 is 0 Å². The molecule has 0 radical (unpaired) electrons. The van der Waals surface area contributed by atoms with Crippen LogP contribution in [0.5, 0.6) is 28.7 Å². The number of ether oxygens (including phenoxy) is 6. The van der Waals surface area contributed by atoms with Crippen molar-refractivity contribution in [2.45, 2.75) is 25.0 Å². The lowest BCUT2D eigenvalue weighted by Crippen LogP contribution is -2.44. The third-order valence-electron chi connectivity index (χ3n) is 6.34. The Morgan fingerprint density at radius 2 is 1.29 bits per heavy atom. The molecule has 0 aliphatic carbocycles. The zero-order valence-corrected chi connectivity index (χ0v) is 20.7. The number of hydrogen-bond acceptors (Lipinski definition) is 7. The van der Waals surface area contributed by atoms with E-state index in [0.717, 1.165) is 34.6 Å². The lowest BCUT2D eigenvalue weighted by molar-refractivity contribution is -0.117. The smallest absolute Gasteiger partial charge is 0.279 e. The normalized spacial score (nSPS) is 16.4. The van der Waals surface area contributed by atoms with Gasteiger partial charge in [-0.3, -0.25) is 4.79 Å². The summed E-state index contributed by atoms with van der Waals surface area (Å²) in [7, 11) is 7.85. The first-order valence-electron chi connectivity index (χ1n) is 11.3. The summed E-state index contributed by atoms with van der Waals surface area (Å²) in [5.74, 6) is 1.17. The Morgan fingerprint density at radius 1 is 0.714 bits per heavy atom. The standard InChI is InChI=1S/C28H30O7/c1-30-20-11-6-18(7-12-20)10-15-22-23(32-3)16-24(33-4)25-26(22)35-28(34-5,27(25)29)17-19-8-13-21(31-2)14-9-19/h6-9,11-14,16H,10,15,17H2,1-5H3/t28-/m0/s1. The molecule has 35 heavy (non-hydrogen) atoms. The molecule has 1 heterocycles. The molecule has 1 aliphatic heterocycles. The molecule has 1 atom stereocenters. The first-order chi connectivity index (χ1) is 17.0. The summed E-state index contributed by atoms with van der Waals surface area (Å²) in [5, 5.41) is 0. The van der Waals surface area contributed by atoms with Crippen LogP contribution in [0.2, 0.25) is 0 Å². The fraction of sp³-hybridized carbons (Fsp3) is 0.321. The quantitative estimate of drug-likeness (QED) is 0.419. The molecule has 0 aromatic heterocycles. The summed E-state index contributed by atoms with van der Waals surface area (Å²) < 4.78 is 33.9. The topological polar surface area (TPSA) is 72.5 Å². The summed E-state index contributed by atoms with van der Waals surface area (Å²) in [5.41, 5.74) is 3.16. The predicted molar refractivity (Wildman–Crippen MR) is 131 cm³/mol. The highest BCUT2D eigenvalue weighted by molar-refractivity contribution is 6.09. The molecule has 1 aliphatic rings. The zero-order chi connectivity index (χ0) is 25.0. The Kier molecular flexibility index (Phi) is 7.17. The van der Waals surface area contributed by atoms with Crippen LogP contribution in [0.15, 0.2) is 54.6 Å². The Balaban J connectivity index is 1.70. The Morgan fingerprint density at radius 3 is 1.80 bits per heavy atom. The van der Waals surface area contributed by atoms with E-state index in [4.69, 9.17) is 28.4 Å². The number of methoxy groups -OCH3 is 5. The second-order valence-corrected chi connectivity index (χ2v) is 8.22. The van der Waals surface area contributed by atoms with Crippen molar-refractivity contribution in [1.82, 2.24) is 0 Å². The van der Waals surface area contributed by atoms with Crippen molar-refractivity contribution in [1.29, 1.82) is 0 Å². The van der Waals surface area contributed by atoms with Gasteiger partial charge in [-0.25, -0.2) is 0 Å². The third-order valence-corrected chi connectivity index (χ3v) is 6.34. The van der Waals surface area contributed by atoms with Gasteiger partial charge in [0.05, 0.1) is 28.4 Å². The van der Waals surface area contributed by atoms with Crippen molar-refractivity contribution in [3.8, 4) is 28.7 Å². The lowest BCUT2D eigenvalue weighted by atomic mass is 9.95. The van der Waals surface area contributed by atoms with E-state index in [1.54, 1.807) is 27.4 Å². The van der Waals surface area contributed by atoms with E-state index in [1.165, 1.54) is 14.2 Å². The molecule has 7 heteroatoms. The van der Waals surface area contributed by atoms with Crippen molar-refractivity contribution in [3.05, 3.63) is 76.9 Å². The van der Waals surface area contributed by atoms with Gasteiger partial charge in [-0.2, -0.15) is 0 Å². The maximum Gasteiger partial charge on any atom is 0.279 e. The molecule has 0 saturated carbocycles. The number of Topliss-reactive ketones (excluding diaryl/α,β-unsaturated/α-hetero) is 1. The van der Waals surface area contributed by atoms with E-state index in [2.05, 4.69) is 0 Å². The highest BCUT2D eigenvalue weighted by atomic mass is 16.7. The first kappa shape index (κ1) is 24.4. The maximum absolute atomic E-state index is 13.7. The highest BCUT2D eigenvalue weighted by Crippen LogP contribution is 2.48. The summed E-state index contributed by atoms with van der Waals surface area (Å²) in [6.07, 6.45) is 1.54. The fourth-order valence-electron chi connectivity index (χ4n) is 4.36. The van der Waals surface area contributed by atoms with Gasteiger partial charge in [0.15, 0.2) is 0 Å². The first-order valence-corrected chi connectivity index (χ1v) is 11.3. The number of fused-ring (bicyclic) bond motifs is 1. The molecule has 0 fully saturated rings. The highest BCUT2D eigenvalue weighted by Gasteiger charge is 2.51. The number of carbonyl (C=O) groups is 1. The van der Waals surface area contributed by atoms with Gasteiger partial charge in [0.2, 0.25) is 5.78 Å². The van der Waals surface area contributed by atoms with Crippen molar-refractivity contribution in [2.24, 2.45) is 0 Å². The van der Waals surface area contributed by atoms with Crippen LogP contribution in [-0.2, 0) is 24.0 Å². The molecule has 0 saturated heterocycles. The van der Waals surface area contributed by atoms with Crippen LogP contribution in [0.1, 0.15) is 27.0 Å². The third kappa shape index (κ3) is 4.64. The van der Waals surface area contributed by atoms with E-state index in [9.17, 15) is 4.79 Å². The Hall–Kier alpha value is -3.71. The largest absolute Gasteiger partial charge is 0.497 e. The second kappa shape index (κ2) is 10.3. The van der Waals surface area contributed by atoms with Gasteiger partial charge in [-0.05, 0) is 48.2 Å². The van der Waals surface area contributed by atoms with Gasteiger partial charge < -0.3 is 28.4 Å². The SMILES string of the molecule is COc1ccc(CCc2c(OC)cc(OC)c3c2O[C@](Cc2ccc(OC)cc2)(OC)C3=O)cc1. The van der Waals surface area contributed by atoms with Gasteiger partial charge in [0.1, 0.15) is 34.3 Å². The molecule has 3 aromatic rings.